The van der Waals surface area contributed by atoms with E-state index in [1.165, 1.54) is 45.6 Å². The minimum absolute atomic E-state index is 0.119. The molecule has 1 aliphatic rings. The van der Waals surface area contributed by atoms with E-state index in [-0.39, 0.29) is 11.6 Å². The Morgan fingerprint density at radius 1 is 1.03 bits per heavy atom. The molecule has 1 N–H and O–H groups in total. The third kappa shape index (κ3) is 3.66. The average molecular weight is 389 g/mol. The fourth-order valence-electron chi connectivity index (χ4n) is 3.89. The standard InChI is InChI=1S/C23H23N3O3/c1-25-14-20(22(28)26(2)23(25)29)24-21(27)9-5-6-15-10-11-17-13-16-7-3-4-8-18(16)19(17)12-15/h3-4,7-8,10-12,14H,5-6,9,13H2,1-2H3,(H,24,27). The Hall–Kier alpha value is -3.41. The molecule has 0 unspecified atom stereocenters. The van der Waals surface area contributed by atoms with E-state index in [4.69, 9.17) is 0 Å². The maximum atomic E-state index is 12.3. The number of anilines is 1. The van der Waals surface area contributed by atoms with Crippen molar-refractivity contribution in [1.29, 1.82) is 0 Å². The number of aryl methyl sites for hydroxylation is 2. The van der Waals surface area contributed by atoms with Crippen molar-refractivity contribution in [3.05, 3.63) is 86.2 Å². The van der Waals surface area contributed by atoms with Crippen molar-refractivity contribution in [2.24, 2.45) is 14.1 Å². The zero-order valence-electron chi connectivity index (χ0n) is 16.6. The molecule has 0 radical (unpaired) electrons. The van der Waals surface area contributed by atoms with Crippen LogP contribution in [0.4, 0.5) is 5.69 Å². The number of amides is 1. The van der Waals surface area contributed by atoms with Crippen molar-refractivity contribution in [2.75, 3.05) is 5.32 Å². The lowest BCUT2D eigenvalue weighted by atomic mass is 10.00. The summed E-state index contributed by atoms with van der Waals surface area (Å²) in [6, 6.07) is 15.0. The number of carbonyl (C=O) groups excluding carboxylic acids is 1. The summed E-state index contributed by atoms with van der Waals surface area (Å²) in [6.07, 6.45) is 4.11. The molecule has 0 fully saturated rings. The van der Waals surface area contributed by atoms with Gasteiger partial charge in [-0.1, -0.05) is 42.5 Å². The first-order valence-corrected chi connectivity index (χ1v) is 9.70. The number of nitrogens with zero attached hydrogens (tertiary/aromatic N) is 2. The SMILES string of the molecule is Cn1cc(NC(=O)CCCc2ccc3c(c2)-c2ccccc2C3)c(=O)n(C)c1=O. The van der Waals surface area contributed by atoms with Crippen LogP contribution in [0, 0.1) is 0 Å². The van der Waals surface area contributed by atoms with Gasteiger partial charge in [-0.2, -0.15) is 0 Å². The molecule has 1 heterocycles. The predicted molar refractivity (Wildman–Crippen MR) is 113 cm³/mol. The van der Waals surface area contributed by atoms with Crippen molar-refractivity contribution in [2.45, 2.75) is 25.7 Å². The summed E-state index contributed by atoms with van der Waals surface area (Å²) in [7, 11) is 2.94. The Labute approximate surface area is 168 Å². The lowest BCUT2D eigenvalue weighted by molar-refractivity contribution is -0.116. The number of hydrogen-bond donors (Lipinski definition) is 1. The molecular weight excluding hydrogens is 366 g/mol. The molecule has 148 valence electrons. The number of nitrogens with one attached hydrogen (secondary N) is 1. The molecule has 0 atom stereocenters. The molecule has 2 aromatic carbocycles. The van der Waals surface area contributed by atoms with Gasteiger partial charge in [0.25, 0.3) is 5.56 Å². The monoisotopic (exact) mass is 389 g/mol. The van der Waals surface area contributed by atoms with Crippen molar-refractivity contribution >= 4 is 11.6 Å². The quantitative estimate of drug-likeness (QED) is 0.570. The van der Waals surface area contributed by atoms with Crippen LogP contribution in [0.3, 0.4) is 0 Å². The van der Waals surface area contributed by atoms with Gasteiger partial charge in [0, 0.05) is 26.7 Å². The number of aromatic nitrogens is 2. The highest BCUT2D eigenvalue weighted by molar-refractivity contribution is 5.90. The maximum Gasteiger partial charge on any atom is 0.330 e. The molecule has 29 heavy (non-hydrogen) atoms. The fourth-order valence-corrected chi connectivity index (χ4v) is 3.89. The molecule has 6 nitrogen and oxygen atoms in total. The lowest BCUT2D eigenvalue weighted by Gasteiger charge is -2.09. The molecule has 0 spiro atoms. The highest BCUT2D eigenvalue weighted by atomic mass is 16.2. The Morgan fingerprint density at radius 2 is 1.79 bits per heavy atom. The van der Waals surface area contributed by atoms with E-state index in [1.807, 2.05) is 0 Å². The van der Waals surface area contributed by atoms with Crippen LogP contribution in [-0.2, 0) is 31.7 Å². The van der Waals surface area contributed by atoms with Gasteiger partial charge in [0.1, 0.15) is 5.69 Å². The summed E-state index contributed by atoms with van der Waals surface area (Å²) in [5.74, 6) is -0.229. The number of fused-ring (bicyclic) bond motifs is 3. The Morgan fingerprint density at radius 3 is 2.62 bits per heavy atom. The third-order valence-corrected chi connectivity index (χ3v) is 5.45. The van der Waals surface area contributed by atoms with Crippen LogP contribution in [0.5, 0.6) is 0 Å². The van der Waals surface area contributed by atoms with Gasteiger partial charge in [0.15, 0.2) is 0 Å². The first-order chi connectivity index (χ1) is 13.9. The van der Waals surface area contributed by atoms with Crippen molar-refractivity contribution in [3.8, 4) is 11.1 Å². The third-order valence-electron chi connectivity index (χ3n) is 5.45. The Bertz CT molecular complexity index is 1220. The van der Waals surface area contributed by atoms with Gasteiger partial charge in [0.05, 0.1) is 0 Å². The van der Waals surface area contributed by atoms with Crippen LogP contribution in [0.1, 0.15) is 29.5 Å². The second-order valence-corrected chi connectivity index (χ2v) is 7.53. The summed E-state index contributed by atoms with van der Waals surface area (Å²) in [4.78, 5) is 36.1. The van der Waals surface area contributed by atoms with Crippen LogP contribution in [0.25, 0.3) is 11.1 Å². The Kier molecular flexibility index (Phi) is 4.92. The van der Waals surface area contributed by atoms with Gasteiger partial charge < -0.3 is 9.88 Å². The van der Waals surface area contributed by atoms with E-state index in [2.05, 4.69) is 47.8 Å². The van der Waals surface area contributed by atoms with Crippen LogP contribution < -0.4 is 16.6 Å². The highest BCUT2D eigenvalue weighted by Crippen LogP contribution is 2.36. The summed E-state index contributed by atoms with van der Waals surface area (Å²) in [6.45, 7) is 0. The van der Waals surface area contributed by atoms with Crippen molar-refractivity contribution < 1.29 is 4.79 Å². The smallest absolute Gasteiger partial charge is 0.320 e. The molecule has 6 heteroatoms. The van der Waals surface area contributed by atoms with Crippen LogP contribution in [0.2, 0.25) is 0 Å². The fraction of sp³-hybridized carbons (Fsp3) is 0.261. The van der Waals surface area contributed by atoms with Crippen LogP contribution >= 0.6 is 0 Å². The summed E-state index contributed by atoms with van der Waals surface area (Å²) < 4.78 is 2.26. The molecule has 0 saturated carbocycles. The van der Waals surface area contributed by atoms with E-state index in [0.29, 0.717) is 12.8 Å². The topological polar surface area (TPSA) is 73.1 Å². The zero-order chi connectivity index (χ0) is 20.5. The first-order valence-electron chi connectivity index (χ1n) is 9.70. The second kappa shape index (κ2) is 7.54. The largest absolute Gasteiger partial charge is 0.330 e. The van der Waals surface area contributed by atoms with E-state index in [9.17, 15) is 14.4 Å². The first kappa shape index (κ1) is 18.9. The van der Waals surface area contributed by atoms with Gasteiger partial charge in [-0.3, -0.25) is 14.2 Å². The van der Waals surface area contributed by atoms with Gasteiger partial charge in [-0.05, 0) is 47.1 Å². The lowest BCUT2D eigenvalue weighted by Crippen LogP contribution is -2.38. The van der Waals surface area contributed by atoms with Gasteiger partial charge in [0.2, 0.25) is 5.91 Å². The average Bonchev–Trinajstić information content (AvgIpc) is 3.08. The van der Waals surface area contributed by atoms with E-state index >= 15 is 0 Å². The number of hydrogen-bond acceptors (Lipinski definition) is 3. The zero-order valence-corrected chi connectivity index (χ0v) is 16.6. The second-order valence-electron chi connectivity index (χ2n) is 7.53. The van der Waals surface area contributed by atoms with E-state index in [1.54, 1.807) is 7.05 Å². The number of benzene rings is 2. The molecule has 1 amide bonds. The minimum atomic E-state index is -0.501. The molecule has 0 bridgehead atoms. The molecule has 4 rings (SSSR count). The predicted octanol–water partition coefficient (Wildman–Crippen LogP) is 2.62. The van der Waals surface area contributed by atoms with Gasteiger partial charge >= 0.3 is 5.69 Å². The van der Waals surface area contributed by atoms with Crippen molar-refractivity contribution in [3.63, 3.8) is 0 Å². The van der Waals surface area contributed by atoms with E-state index in [0.717, 1.165) is 17.4 Å². The van der Waals surface area contributed by atoms with E-state index < -0.39 is 11.2 Å². The highest BCUT2D eigenvalue weighted by Gasteiger charge is 2.18. The molecule has 0 aliphatic heterocycles. The molecule has 1 aliphatic carbocycles. The van der Waals surface area contributed by atoms with Crippen LogP contribution in [0.15, 0.2) is 58.3 Å². The minimum Gasteiger partial charge on any atom is -0.320 e. The number of carbonyl (C=O) groups is 1. The molecule has 0 saturated heterocycles. The molecule has 3 aromatic rings. The normalized spacial score (nSPS) is 11.8. The summed E-state index contributed by atoms with van der Waals surface area (Å²) >= 11 is 0. The summed E-state index contributed by atoms with van der Waals surface area (Å²) in [5, 5.41) is 2.63. The molecule has 1 aromatic heterocycles. The summed E-state index contributed by atoms with van der Waals surface area (Å²) in [5.41, 5.74) is 5.69. The Balaban J connectivity index is 1.39. The van der Waals surface area contributed by atoms with Crippen LogP contribution in [-0.4, -0.2) is 15.0 Å². The molecular formula is C23H23N3O3. The van der Waals surface area contributed by atoms with Crippen molar-refractivity contribution in [1.82, 2.24) is 9.13 Å². The number of rotatable bonds is 5. The maximum absolute atomic E-state index is 12.3. The van der Waals surface area contributed by atoms with Gasteiger partial charge in [-0.25, -0.2) is 4.79 Å². The van der Waals surface area contributed by atoms with Gasteiger partial charge in [-0.15, -0.1) is 0 Å².